The zero-order chi connectivity index (χ0) is 40.5. The van der Waals surface area contributed by atoms with Crippen molar-refractivity contribution in [3.8, 4) is 0 Å². The number of carbonyl (C=O) groups is 2. The normalized spacial score (nSPS) is 14.5. The molecule has 0 aliphatic carbocycles. The number of rotatable bonds is 39. The van der Waals surface area contributed by atoms with Gasteiger partial charge in [-0.15, -0.1) is 0 Å². The van der Waals surface area contributed by atoms with Gasteiger partial charge in [-0.3, -0.25) is 18.6 Å². The minimum atomic E-state index is -4.63. The van der Waals surface area contributed by atoms with Crippen molar-refractivity contribution in [1.82, 2.24) is 0 Å². The summed E-state index contributed by atoms with van der Waals surface area (Å²) in [4.78, 5) is 34.9. The van der Waals surface area contributed by atoms with E-state index >= 15 is 0 Å². The van der Waals surface area contributed by atoms with E-state index in [0.717, 1.165) is 57.8 Å². The average Bonchev–Trinajstić information content (AvgIpc) is 3.17. The van der Waals surface area contributed by atoms with Gasteiger partial charge in [0.05, 0.1) is 19.8 Å². The van der Waals surface area contributed by atoms with E-state index in [1.807, 2.05) is 0 Å². The monoisotopic (exact) mass is 797 g/mol. The van der Waals surface area contributed by atoms with Crippen molar-refractivity contribution < 1.29 is 47.8 Å². The molecule has 0 fully saturated rings. The molecule has 0 aliphatic rings. The molecule has 1 unspecified atom stereocenters. The van der Waals surface area contributed by atoms with E-state index in [-0.39, 0.29) is 19.4 Å². The van der Waals surface area contributed by atoms with Gasteiger partial charge in [0, 0.05) is 12.8 Å². The van der Waals surface area contributed by atoms with Crippen LogP contribution in [0, 0.1) is 0 Å². The van der Waals surface area contributed by atoms with Crippen LogP contribution in [0.2, 0.25) is 0 Å². The summed E-state index contributed by atoms with van der Waals surface area (Å²) in [6.45, 7) is 2.20. The number of unbranched alkanes of at least 4 members (excludes halogenated alkanes) is 15. The predicted octanol–water partition coefficient (Wildman–Crippen LogP) is 11.1. The van der Waals surface area contributed by atoms with Gasteiger partial charge < -0.3 is 24.6 Å². The van der Waals surface area contributed by atoms with E-state index in [1.54, 1.807) is 0 Å². The van der Waals surface area contributed by atoms with Crippen LogP contribution in [0.15, 0.2) is 60.8 Å². The van der Waals surface area contributed by atoms with Gasteiger partial charge in [-0.1, -0.05) is 139 Å². The van der Waals surface area contributed by atoms with Gasteiger partial charge >= 0.3 is 19.8 Å². The molecule has 3 atom stereocenters. The zero-order valence-electron chi connectivity index (χ0n) is 34.4. The third-order valence-electron chi connectivity index (χ3n) is 8.66. The molecule has 0 rings (SSSR count). The number of hydrogen-bond acceptors (Lipinski definition) is 9. The maximum Gasteiger partial charge on any atom is 0.472 e. The minimum Gasteiger partial charge on any atom is -0.462 e. The van der Waals surface area contributed by atoms with E-state index < -0.39 is 51.8 Å². The Balaban J connectivity index is 4.37. The Morgan fingerprint density at radius 3 is 1.56 bits per heavy atom. The van der Waals surface area contributed by atoms with Gasteiger partial charge in [0.1, 0.15) is 12.7 Å². The Labute approximate surface area is 334 Å². The molecule has 0 aromatic rings. The molecule has 0 amide bonds. The van der Waals surface area contributed by atoms with Crippen LogP contribution in [0.25, 0.3) is 0 Å². The van der Waals surface area contributed by atoms with Crippen LogP contribution in [-0.4, -0.2) is 65.7 Å². The first-order chi connectivity index (χ1) is 26.7. The maximum absolute atomic E-state index is 12.6. The zero-order valence-corrected chi connectivity index (χ0v) is 35.3. The van der Waals surface area contributed by atoms with Gasteiger partial charge in [0.2, 0.25) is 0 Å². The average molecular weight is 797 g/mol. The summed E-state index contributed by atoms with van der Waals surface area (Å²) in [5.74, 6) is -0.979. The van der Waals surface area contributed by atoms with Crippen LogP contribution < -0.4 is 0 Å². The van der Waals surface area contributed by atoms with Crippen molar-refractivity contribution in [3.05, 3.63) is 60.8 Å². The fourth-order valence-corrected chi connectivity index (χ4v) is 6.18. The molecule has 0 saturated heterocycles. The van der Waals surface area contributed by atoms with E-state index in [2.05, 4.69) is 79.1 Å². The van der Waals surface area contributed by atoms with Crippen molar-refractivity contribution in [2.75, 3.05) is 26.4 Å². The molecule has 55 heavy (non-hydrogen) atoms. The maximum atomic E-state index is 12.6. The molecule has 0 radical (unpaired) electrons. The molecule has 0 spiro atoms. The lowest BCUT2D eigenvalue weighted by Gasteiger charge is -2.20. The van der Waals surface area contributed by atoms with Gasteiger partial charge in [-0.05, 0) is 77.0 Å². The molecule has 0 saturated carbocycles. The highest BCUT2D eigenvalue weighted by Crippen LogP contribution is 2.43. The van der Waals surface area contributed by atoms with Crippen LogP contribution in [0.5, 0.6) is 0 Å². The molecule has 10 nitrogen and oxygen atoms in total. The largest absolute Gasteiger partial charge is 0.472 e. The van der Waals surface area contributed by atoms with Crippen LogP contribution in [0.3, 0.4) is 0 Å². The van der Waals surface area contributed by atoms with Crippen molar-refractivity contribution >= 4 is 19.8 Å². The van der Waals surface area contributed by atoms with E-state index in [4.69, 9.17) is 19.1 Å². The molecule has 318 valence electrons. The number of aliphatic hydroxyl groups is 2. The lowest BCUT2D eigenvalue weighted by Crippen LogP contribution is -2.29. The second-order valence-corrected chi connectivity index (χ2v) is 15.4. The van der Waals surface area contributed by atoms with Crippen LogP contribution >= 0.6 is 7.82 Å². The van der Waals surface area contributed by atoms with E-state index in [0.29, 0.717) is 12.8 Å². The molecule has 0 aromatic carbocycles. The lowest BCUT2D eigenvalue weighted by atomic mass is 10.1. The van der Waals surface area contributed by atoms with E-state index in [1.165, 1.54) is 70.6 Å². The summed E-state index contributed by atoms with van der Waals surface area (Å²) < 4.78 is 32.6. The number of hydrogen-bond donors (Lipinski definition) is 3. The third-order valence-corrected chi connectivity index (χ3v) is 9.61. The topological polar surface area (TPSA) is 149 Å². The Kier molecular flexibility index (Phi) is 38.2. The standard InChI is InChI=1S/C44H77O10P/c1-3-5-7-9-11-13-15-17-19-20-22-24-26-28-30-32-34-36-44(48)54-42(40-53-55(49,50)52-38-41(46)37-45)39-51-43(47)35-33-31-29-27-25-23-21-18-16-14-12-10-8-6-4-2/h6,8,12-15,18,21,25,27,41-42,45-46H,3-5,7,9-11,16-17,19-20,22-24,26,28-40H2,1-2H3,(H,49,50)/b8-6+,14-12+,15-13+,21-18+,27-25+/t41-,42+/m0/s1. The fourth-order valence-electron chi connectivity index (χ4n) is 5.39. The molecule has 0 heterocycles. The van der Waals surface area contributed by atoms with Crippen molar-refractivity contribution in [2.24, 2.45) is 0 Å². The Bertz CT molecular complexity index is 1100. The fraction of sp³-hybridized carbons (Fsp3) is 0.727. The first kappa shape index (κ1) is 52.7. The van der Waals surface area contributed by atoms with Gasteiger partial charge in [0.25, 0.3) is 0 Å². The second kappa shape index (κ2) is 39.9. The Morgan fingerprint density at radius 1 is 0.564 bits per heavy atom. The summed E-state index contributed by atoms with van der Waals surface area (Å²) in [6.07, 6.45) is 43.3. The van der Waals surface area contributed by atoms with Gasteiger partial charge in [0.15, 0.2) is 6.10 Å². The van der Waals surface area contributed by atoms with Gasteiger partial charge in [-0.2, -0.15) is 0 Å². The number of esters is 2. The van der Waals surface area contributed by atoms with Crippen molar-refractivity contribution in [2.45, 2.75) is 180 Å². The van der Waals surface area contributed by atoms with Crippen LogP contribution in [0.4, 0.5) is 0 Å². The van der Waals surface area contributed by atoms with Crippen LogP contribution in [0.1, 0.15) is 168 Å². The molecule has 0 aromatic heterocycles. The third kappa shape index (κ3) is 39.7. The highest BCUT2D eigenvalue weighted by atomic mass is 31.2. The SMILES string of the molecule is CC/C=C/C/C=C/C/C=C/C/C=C/CCCCC(=O)OC[C@H](COP(=O)(O)OC[C@@H](O)CO)OC(=O)CCCCCCCCCCC/C=C/CCCCCC. The number of aliphatic hydroxyl groups excluding tert-OH is 2. The molecule has 0 bridgehead atoms. The molecule has 0 aliphatic heterocycles. The first-order valence-electron chi connectivity index (χ1n) is 21.2. The number of phosphoric acid groups is 1. The number of carbonyl (C=O) groups excluding carboxylic acids is 2. The summed E-state index contributed by atoms with van der Waals surface area (Å²) in [7, 11) is -4.63. The number of allylic oxidation sites excluding steroid dienone is 10. The van der Waals surface area contributed by atoms with Crippen molar-refractivity contribution in [3.63, 3.8) is 0 Å². The Hall–Kier alpha value is -2.33. The van der Waals surface area contributed by atoms with Crippen LogP contribution in [-0.2, 0) is 32.7 Å². The van der Waals surface area contributed by atoms with E-state index in [9.17, 15) is 24.2 Å². The summed E-state index contributed by atoms with van der Waals surface area (Å²) in [5.41, 5.74) is 0. The second-order valence-electron chi connectivity index (χ2n) is 14.0. The summed E-state index contributed by atoms with van der Waals surface area (Å²) in [5, 5.41) is 18.3. The highest BCUT2D eigenvalue weighted by molar-refractivity contribution is 7.47. The first-order valence-corrected chi connectivity index (χ1v) is 22.7. The molecular weight excluding hydrogens is 719 g/mol. The lowest BCUT2D eigenvalue weighted by molar-refractivity contribution is -0.161. The molecule has 11 heteroatoms. The highest BCUT2D eigenvalue weighted by Gasteiger charge is 2.27. The van der Waals surface area contributed by atoms with Gasteiger partial charge in [-0.25, -0.2) is 4.57 Å². The number of phosphoric ester groups is 1. The Morgan fingerprint density at radius 2 is 1.00 bits per heavy atom. The smallest absolute Gasteiger partial charge is 0.462 e. The molecule has 3 N–H and O–H groups in total. The number of ether oxygens (including phenoxy) is 2. The summed E-state index contributed by atoms with van der Waals surface area (Å²) >= 11 is 0. The molecular formula is C44H77O10P. The summed E-state index contributed by atoms with van der Waals surface area (Å²) in [6, 6.07) is 0. The van der Waals surface area contributed by atoms with Crippen molar-refractivity contribution in [1.29, 1.82) is 0 Å². The predicted molar refractivity (Wildman–Crippen MR) is 224 cm³/mol. The minimum absolute atomic E-state index is 0.170. The quantitative estimate of drug-likeness (QED) is 0.0237.